The SMILES string of the molecule is Cc1cc(C(=O)c2c(C(N)=O)sc3c2ccc(=O)n3-c2ccccc2)ccc1F. The Morgan fingerprint density at radius 1 is 1.03 bits per heavy atom. The summed E-state index contributed by atoms with van der Waals surface area (Å²) < 4.78 is 15.1. The first-order valence-corrected chi connectivity index (χ1v) is 9.54. The number of pyridine rings is 1. The van der Waals surface area contributed by atoms with Crippen molar-refractivity contribution < 1.29 is 14.0 Å². The van der Waals surface area contributed by atoms with Crippen molar-refractivity contribution in [2.45, 2.75) is 6.92 Å². The maximum Gasteiger partial charge on any atom is 0.259 e. The number of aromatic nitrogens is 1. The molecule has 4 aromatic rings. The van der Waals surface area contributed by atoms with Gasteiger partial charge in [0.15, 0.2) is 5.78 Å². The second-order valence-electron chi connectivity index (χ2n) is 6.52. The van der Waals surface area contributed by atoms with Crippen LogP contribution in [-0.2, 0) is 0 Å². The van der Waals surface area contributed by atoms with Gasteiger partial charge in [-0.2, -0.15) is 0 Å². The Bertz CT molecular complexity index is 1340. The van der Waals surface area contributed by atoms with Crippen LogP contribution in [0.4, 0.5) is 4.39 Å². The molecule has 0 aliphatic heterocycles. The van der Waals surface area contributed by atoms with E-state index in [9.17, 15) is 18.8 Å². The molecule has 5 nitrogen and oxygen atoms in total. The third kappa shape index (κ3) is 3.15. The van der Waals surface area contributed by atoms with Crippen LogP contribution in [0, 0.1) is 12.7 Å². The highest BCUT2D eigenvalue weighted by atomic mass is 32.1. The van der Waals surface area contributed by atoms with E-state index in [-0.39, 0.29) is 21.6 Å². The van der Waals surface area contributed by atoms with Crippen LogP contribution in [0.2, 0.25) is 0 Å². The minimum absolute atomic E-state index is 0.0576. The summed E-state index contributed by atoms with van der Waals surface area (Å²) in [5.41, 5.74) is 6.54. The molecule has 0 radical (unpaired) electrons. The Morgan fingerprint density at radius 2 is 1.76 bits per heavy atom. The van der Waals surface area contributed by atoms with Gasteiger partial charge in [-0.15, -0.1) is 11.3 Å². The summed E-state index contributed by atoms with van der Waals surface area (Å²) >= 11 is 0.991. The van der Waals surface area contributed by atoms with Crippen LogP contribution in [0.25, 0.3) is 15.9 Å². The highest BCUT2D eigenvalue weighted by Crippen LogP contribution is 2.33. The first-order chi connectivity index (χ1) is 13.9. The van der Waals surface area contributed by atoms with Gasteiger partial charge in [-0.1, -0.05) is 18.2 Å². The lowest BCUT2D eigenvalue weighted by Crippen LogP contribution is -2.16. The van der Waals surface area contributed by atoms with E-state index in [2.05, 4.69) is 0 Å². The van der Waals surface area contributed by atoms with E-state index in [4.69, 9.17) is 5.73 Å². The lowest BCUT2D eigenvalue weighted by atomic mass is 9.99. The van der Waals surface area contributed by atoms with E-state index in [0.717, 1.165) is 11.3 Å². The topological polar surface area (TPSA) is 82.2 Å². The Kier molecular flexibility index (Phi) is 4.60. The van der Waals surface area contributed by atoms with Gasteiger partial charge in [0.05, 0.1) is 11.3 Å². The van der Waals surface area contributed by atoms with Crippen LogP contribution in [0.1, 0.15) is 31.2 Å². The van der Waals surface area contributed by atoms with Crippen LogP contribution < -0.4 is 11.3 Å². The largest absolute Gasteiger partial charge is 0.365 e. The van der Waals surface area contributed by atoms with E-state index in [1.54, 1.807) is 31.2 Å². The molecule has 7 heteroatoms. The van der Waals surface area contributed by atoms with Gasteiger partial charge in [0.1, 0.15) is 15.5 Å². The molecule has 2 N–H and O–H groups in total. The number of nitrogens with two attached hydrogens (primary N) is 1. The van der Waals surface area contributed by atoms with E-state index in [0.29, 0.717) is 21.5 Å². The predicted octanol–water partition coefficient (Wildman–Crippen LogP) is 3.83. The molecule has 0 aliphatic rings. The normalized spacial score (nSPS) is 11.0. The van der Waals surface area contributed by atoms with Crippen molar-refractivity contribution in [3.05, 3.63) is 98.4 Å². The Morgan fingerprint density at radius 3 is 2.41 bits per heavy atom. The van der Waals surface area contributed by atoms with E-state index >= 15 is 0 Å². The zero-order valence-corrected chi connectivity index (χ0v) is 16.1. The quantitative estimate of drug-likeness (QED) is 0.523. The summed E-state index contributed by atoms with van der Waals surface area (Å²) in [7, 11) is 0. The van der Waals surface area contributed by atoms with Gasteiger partial charge in [-0.05, 0) is 48.9 Å². The van der Waals surface area contributed by atoms with Crippen molar-refractivity contribution in [3.63, 3.8) is 0 Å². The zero-order chi connectivity index (χ0) is 20.7. The van der Waals surface area contributed by atoms with Gasteiger partial charge in [-0.3, -0.25) is 19.0 Å². The smallest absolute Gasteiger partial charge is 0.259 e. The van der Waals surface area contributed by atoms with Gasteiger partial charge in [0.25, 0.3) is 11.5 Å². The first kappa shape index (κ1) is 18.8. The summed E-state index contributed by atoms with van der Waals surface area (Å²) in [6, 6.07) is 15.8. The van der Waals surface area contributed by atoms with Gasteiger partial charge in [0, 0.05) is 17.0 Å². The van der Waals surface area contributed by atoms with Crippen LogP contribution in [0.3, 0.4) is 0 Å². The minimum Gasteiger partial charge on any atom is -0.365 e. The summed E-state index contributed by atoms with van der Waals surface area (Å²) in [4.78, 5) is 38.4. The van der Waals surface area contributed by atoms with Gasteiger partial charge < -0.3 is 5.73 Å². The molecule has 0 saturated heterocycles. The standard InChI is InChI=1S/C22H15FN2O3S/c1-12-11-13(7-9-16(12)23)19(27)18-15-8-10-17(26)25(14-5-3-2-4-6-14)22(15)29-20(18)21(24)28/h2-11H,1H3,(H2,24,28). The highest BCUT2D eigenvalue weighted by molar-refractivity contribution is 7.21. The van der Waals surface area contributed by atoms with Crippen molar-refractivity contribution in [1.82, 2.24) is 4.57 Å². The lowest BCUT2D eigenvalue weighted by molar-refractivity contribution is 0.0985. The number of rotatable bonds is 4. The number of amides is 1. The number of carbonyl (C=O) groups is 2. The number of primary amides is 1. The zero-order valence-electron chi connectivity index (χ0n) is 15.3. The fourth-order valence-electron chi connectivity index (χ4n) is 3.23. The van der Waals surface area contributed by atoms with Gasteiger partial charge in [-0.25, -0.2) is 4.39 Å². The molecule has 0 fully saturated rings. The van der Waals surface area contributed by atoms with Crippen LogP contribution in [0.5, 0.6) is 0 Å². The average molecular weight is 406 g/mol. The molecular weight excluding hydrogens is 391 g/mol. The molecule has 2 heterocycles. The van der Waals surface area contributed by atoms with Crippen molar-refractivity contribution >= 4 is 33.2 Å². The summed E-state index contributed by atoms with van der Waals surface area (Å²) in [5, 5.41) is 0.444. The monoisotopic (exact) mass is 406 g/mol. The molecular formula is C22H15FN2O3S. The second kappa shape index (κ2) is 7.10. The van der Waals surface area contributed by atoms with Crippen LogP contribution >= 0.6 is 11.3 Å². The van der Waals surface area contributed by atoms with E-state index in [1.807, 2.05) is 6.07 Å². The fraction of sp³-hybridized carbons (Fsp3) is 0.0455. The van der Waals surface area contributed by atoms with Gasteiger partial charge in [0.2, 0.25) is 0 Å². The third-order valence-corrected chi connectivity index (χ3v) is 5.83. The third-order valence-electron chi connectivity index (χ3n) is 4.63. The molecule has 0 saturated carbocycles. The molecule has 4 rings (SSSR count). The first-order valence-electron chi connectivity index (χ1n) is 8.73. The number of aryl methyl sites for hydroxylation is 1. The summed E-state index contributed by atoms with van der Waals surface area (Å²) in [6.07, 6.45) is 0. The van der Waals surface area contributed by atoms with E-state index in [1.165, 1.54) is 34.9 Å². The van der Waals surface area contributed by atoms with Crippen molar-refractivity contribution in [2.75, 3.05) is 0 Å². The Labute approximate surface area is 168 Å². The molecule has 2 aromatic carbocycles. The van der Waals surface area contributed by atoms with Crippen LogP contribution in [0.15, 0.2) is 65.5 Å². The number of para-hydroxylation sites is 1. The van der Waals surface area contributed by atoms with E-state index < -0.39 is 17.5 Å². The number of benzene rings is 2. The lowest BCUT2D eigenvalue weighted by Gasteiger charge is -2.07. The maximum atomic E-state index is 13.6. The molecule has 29 heavy (non-hydrogen) atoms. The highest BCUT2D eigenvalue weighted by Gasteiger charge is 2.25. The molecule has 0 aliphatic carbocycles. The van der Waals surface area contributed by atoms with Crippen molar-refractivity contribution in [3.8, 4) is 5.69 Å². The molecule has 0 unspecified atom stereocenters. The number of hydrogen-bond acceptors (Lipinski definition) is 4. The number of halogens is 1. The maximum absolute atomic E-state index is 13.6. The molecule has 0 atom stereocenters. The Hall–Kier alpha value is -3.58. The minimum atomic E-state index is -0.763. The Balaban J connectivity index is 2.03. The average Bonchev–Trinajstić information content (AvgIpc) is 3.10. The molecule has 2 aromatic heterocycles. The van der Waals surface area contributed by atoms with Crippen molar-refractivity contribution in [2.24, 2.45) is 5.73 Å². The number of ketones is 1. The molecule has 0 bridgehead atoms. The van der Waals surface area contributed by atoms with Crippen LogP contribution in [-0.4, -0.2) is 16.3 Å². The number of hydrogen-bond donors (Lipinski definition) is 1. The number of fused-ring (bicyclic) bond motifs is 1. The number of carbonyl (C=O) groups excluding carboxylic acids is 2. The second-order valence-corrected chi connectivity index (χ2v) is 7.52. The fourth-order valence-corrected chi connectivity index (χ4v) is 4.40. The number of nitrogens with zero attached hydrogens (tertiary/aromatic N) is 1. The van der Waals surface area contributed by atoms with Crippen molar-refractivity contribution in [1.29, 1.82) is 0 Å². The van der Waals surface area contributed by atoms with Gasteiger partial charge >= 0.3 is 0 Å². The summed E-state index contributed by atoms with van der Waals surface area (Å²) in [6.45, 7) is 1.56. The predicted molar refractivity (Wildman–Crippen MR) is 111 cm³/mol. The molecule has 1 amide bonds. The molecule has 0 spiro atoms. The molecule has 144 valence electrons. The number of thiophene rings is 1. The summed E-state index contributed by atoms with van der Waals surface area (Å²) in [5.74, 6) is -1.64.